The summed E-state index contributed by atoms with van der Waals surface area (Å²) in [7, 11) is 0. The van der Waals surface area contributed by atoms with Crippen LogP contribution in [0, 0.1) is 5.92 Å². The molecule has 2 N–H and O–H groups in total. The van der Waals surface area contributed by atoms with Gasteiger partial charge >= 0.3 is 0 Å². The topological polar surface area (TPSA) is 62.2 Å². The van der Waals surface area contributed by atoms with Crippen LogP contribution in [-0.2, 0) is 4.79 Å². The standard InChI is InChI=1S/C15H16N2O2/c18-13-8-2-6-11(13)15(19)17-12-7-1-4-10-5-3-9-16-14(10)12/h1,3-5,7,9,11,13,18H,2,6,8H2,(H,17,19). The number of aliphatic hydroxyl groups is 1. The number of hydrogen-bond donors (Lipinski definition) is 2. The van der Waals surface area contributed by atoms with Crippen molar-refractivity contribution in [2.75, 3.05) is 5.32 Å². The van der Waals surface area contributed by atoms with E-state index >= 15 is 0 Å². The van der Waals surface area contributed by atoms with Crippen molar-refractivity contribution in [2.45, 2.75) is 25.4 Å². The largest absolute Gasteiger partial charge is 0.392 e. The van der Waals surface area contributed by atoms with E-state index in [9.17, 15) is 9.90 Å². The minimum absolute atomic E-state index is 0.108. The Morgan fingerprint density at radius 1 is 1.26 bits per heavy atom. The zero-order valence-electron chi connectivity index (χ0n) is 10.5. The number of aliphatic hydroxyl groups excluding tert-OH is 1. The van der Waals surface area contributed by atoms with Gasteiger partial charge in [0.1, 0.15) is 0 Å². The molecule has 3 rings (SSSR count). The minimum Gasteiger partial charge on any atom is -0.392 e. The highest BCUT2D eigenvalue weighted by molar-refractivity contribution is 6.01. The second kappa shape index (κ2) is 4.97. The molecule has 1 amide bonds. The molecule has 98 valence electrons. The van der Waals surface area contributed by atoms with Crippen molar-refractivity contribution in [1.29, 1.82) is 0 Å². The number of pyridine rings is 1. The highest BCUT2D eigenvalue weighted by Crippen LogP contribution is 2.28. The smallest absolute Gasteiger partial charge is 0.230 e. The van der Waals surface area contributed by atoms with Crippen LogP contribution in [0.25, 0.3) is 10.9 Å². The molecule has 1 fully saturated rings. The Morgan fingerprint density at radius 2 is 2.11 bits per heavy atom. The molecule has 0 bridgehead atoms. The maximum absolute atomic E-state index is 12.2. The van der Waals surface area contributed by atoms with Gasteiger partial charge in [0.2, 0.25) is 5.91 Å². The number of aromatic nitrogens is 1. The van der Waals surface area contributed by atoms with Gasteiger partial charge in [-0.25, -0.2) is 0 Å². The van der Waals surface area contributed by atoms with Crippen molar-refractivity contribution in [3.8, 4) is 0 Å². The fraction of sp³-hybridized carbons (Fsp3) is 0.333. The van der Waals surface area contributed by atoms with Gasteiger partial charge in [0, 0.05) is 11.6 Å². The molecular weight excluding hydrogens is 240 g/mol. The molecule has 1 aliphatic carbocycles. The second-order valence-electron chi connectivity index (χ2n) is 4.97. The van der Waals surface area contributed by atoms with E-state index in [1.165, 1.54) is 0 Å². The lowest BCUT2D eigenvalue weighted by Crippen LogP contribution is -2.28. The fourth-order valence-electron chi connectivity index (χ4n) is 2.68. The second-order valence-corrected chi connectivity index (χ2v) is 4.97. The number of hydrogen-bond acceptors (Lipinski definition) is 3. The minimum atomic E-state index is -0.511. The van der Waals surface area contributed by atoms with Crippen LogP contribution in [0.4, 0.5) is 5.69 Å². The van der Waals surface area contributed by atoms with E-state index in [0.717, 1.165) is 23.7 Å². The van der Waals surface area contributed by atoms with Gasteiger partial charge in [0.25, 0.3) is 0 Å². The number of amides is 1. The van der Waals surface area contributed by atoms with Crippen molar-refractivity contribution in [3.63, 3.8) is 0 Å². The van der Waals surface area contributed by atoms with Gasteiger partial charge < -0.3 is 10.4 Å². The van der Waals surface area contributed by atoms with E-state index in [0.29, 0.717) is 12.1 Å². The van der Waals surface area contributed by atoms with Gasteiger partial charge in [-0.2, -0.15) is 0 Å². The lowest BCUT2D eigenvalue weighted by molar-refractivity contribution is -0.122. The van der Waals surface area contributed by atoms with Crippen molar-refractivity contribution in [3.05, 3.63) is 36.5 Å². The van der Waals surface area contributed by atoms with Crippen LogP contribution in [0.5, 0.6) is 0 Å². The first-order valence-electron chi connectivity index (χ1n) is 6.58. The van der Waals surface area contributed by atoms with Gasteiger partial charge in [0.15, 0.2) is 0 Å². The number of anilines is 1. The van der Waals surface area contributed by atoms with E-state index in [2.05, 4.69) is 10.3 Å². The Hall–Kier alpha value is -1.94. The molecule has 0 spiro atoms. The van der Waals surface area contributed by atoms with Crippen molar-refractivity contribution >= 4 is 22.5 Å². The summed E-state index contributed by atoms with van der Waals surface area (Å²) in [6, 6.07) is 9.53. The number of nitrogens with zero attached hydrogens (tertiary/aromatic N) is 1. The van der Waals surface area contributed by atoms with Crippen LogP contribution in [0.3, 0.4) is 0 Å². The molecule has 0 aliphatic heterocycles. The first-order chi connectivity index (χ1) is 9.25. The summed E-state index contributed by atoms with van der Waals surface area (Å²) in [5.74, 6) is -0.401. The zero-order chi connectivity index (χ0) is 13.2. The van der Waals surface area contributed by atoms with Gasteiger partial charge in [0.05, 0.1) is 23.2 Å². The van der Waals surface area contributed by atoms with Gasteiger partial charge in [-0.05, 0) is 31.4 Å². The molecule has 2 atom stereocenters. The third-order valence-corrected chi connectivity index (χ3v) is 3.71. The zero-order valence-corrected chi connectivity index (χ0v) is 10.5. The molecule has 2 aromatic rings. The Morgan fingerprint density at radius 3 is 2.89 bits per heavy atom. The van der Waals surface area contributed by atoms with Crippen LogP contribution in [-0.4, -0.2) is 22.1 Å². The normalized spacial score (nSPS) is 22.6. The van der Waals surface area contributed by atoms with Crippen molar-refractivity contribution in [1.82, 2.24) is 4.98 Å². The molecule has 4 nitrogen and oxygen atoms in total. The maximum atomic E-state index is 12.2. The Kier molecular flexibility index (Phi) is 3.17. The summed E-state index contributed by atoms with van der Waals surface area (Å²) in [5.41, 5.74) is 1.49. The lowest BCUT2D eigenvalue weighted by Gasteiger charge is -2.15. The van der Waals surface area contributed by atoms with Crippen LogP contribution in [0.2, 0.25) is 0 Å². The summed E-state index contributed by atoms with van der Waals surface area (Å²) < 4.78 is 0. The molecule has 0 radical (unpaired) electrons. The first kappa shape index (κ1) is 12.1. The number of nitrogens with one attached hydrogen (secondary N) is 1. The predicted octanol–water partition coefficient (Wildman–Crippen LogP) is 2.33. The van der Waals surface area contributed by atoms with Crippen molar-refractivity contribution < 1.29 is 9.90 Å². The summed E-state index contributed by atoms with van der Waals surface area (Å²) in [5, 5.41) is 13.7. The molecule has 0 saturated heterocycles. The number of rotatable bonds is 2. The van der Waals surface area contributed by atoms with E-state index < -0.39 is 6.10 Å². The molecule has 2 unspecified atom stereocenters. The average Bonchev–Trinajstić information content (AvgIpc) is 2.85. The van der Waals surface area contributed by atoms with E-state index in [1.54, 1.807) is 6.20 Å². The van der Waals surface area contributed by atoms with Crippen LogP contribution in [0.1, 0.15) is 19.3 Å². The summed E-state index contributed by atoms with van der Waals surface area (Å²) >= 11 is 0. The first-order valence-corrected chi connectivity index (χ1v) is 6.58. The van der Waals surface area contributed by atoms with E-state index in [-0.39, 0.29) is 11.8 Å². The van der Waals surface area contributed by atoms with Gasteiger partial charge in [-0.15, -0.1) is 0 Å². The summed E-state index contributed by atoms with van der Waals surface area (Å²) in [4.78, 5) is 16.5. The van der Waals surface area contributed by atoms with E-state index in [4.69, 9.17) is 0 Å². The third-order valence-electron chi connectivity index (χ3n) is 3.71. The molecule has 1 aliphatic rings. The van der Waals surface area contributed by atoms with Gasteiger partial charge in [-0.3, -0.25) is 9.78 Å². The van der Waals surface area contributed by atoms with E-state index in [1.807, 2.05) is 30.3 Å². The number of benzene rings is 1. The summed E-state index contributed by atoms with van der Waals surface area (Å²) in [6.45, 7) is 0. The number of carbonyl (C=O) groups excluding carboxylic acids is 1. The lowest BCUT2D eigenvalue weighted by atomic mass is 10.0. The summed E-state index contributed by atoms with van der Waals surface area (Å²) in [6.07, 6.45) is 3.58. The maximum Gasteiger partial charge on any atom is 0.230 e. The quantitative estimate of drug-likeness (QED) is 0.867. The van der Waals surface area contributed by atoms with Crippen LogP contribution >= 0.6 is 0 Å². The molecule has 19 heavy (non-hydrogen) atoms. The fourth-order valence-corrected chi connectivity index (χ4v) is 2.68. The highest BCUT2D eigenvalue weighted by Gasteiger charge is 2.31. The van der Waals surface area contributed by atoms with Crippen molar-refractivity contribution in [2.24, 2.45) is 5.92 Å². The third kappa shape index (κ3) is 2.31. The molecule has 1 saturated carbocycles. The molecule has 1 aromatic heterocycles. The monoisotopic (exact) mass is 256 g/mol. The van der Waals surface area contributed by atoms with Crippen LogP contribution in [0.15, 0.2) is 36.5 Å². The Balaban J connectivity index is 1.87. The molecule has 1 heterocycles. The van der Waals surface area contributed by atoms with Crippen LogP contribution < -0.4 is 5.32 Å². The predicted molar refractivity (Wildman–Crippen MR) is 73.7 cm³/mol. The van der Waals surface area contributed by atoms with Gasteiger partial charge in [-0.1, -0.05) is 18.2 Å². The average molecular weight is 256 g/mol. The Labute approximate surface area is 111 Å². The number of para-hydroxylation sites is 1. The molecule has 4 heteroatoms. The SMILES string of the molecule is O=C(Nc1cccc2cccnc12)C1CCCC1O. The highest BCUT2D eigenvalue weighted by atomic mass is 16.3. The molecular formula is C15H16N2O2. The number of carbonyl (C=O) groups is 1. The molecule has 1 aromatic carbocycles. The Bertz CT molecular complexity index is 607. The number of fused-ring (bicyclic) bond motifs is 1.